The third-order valence-corrected chi connectivity index (χ3v) is 5.95. The van der Waals surface area contributed by atoms with Crippen molar-refractivity contribution in [2.75, 3.05) is 5.75 Å². The summed E-state index contributed by atoms with van der Waals surface area (Å²) in [5, 5.41) is 9.56. The standard InChI is InChI=1S/C22H23ClN4OS/c1-3-20-24-18-11-6-15(2)14-19(18)27(20)12-4-5-13-29-22-26-25-21(28-22)16-7-9-17(23)10-8-16/h6-11,14H,3-5,12-13H2,1-2H3. The monoisotopic (exact) mass is 426 g/mol. The first-order chi connectivity index (χ1) is 14.1. The van der Waals surface area contributed by atoms with Crippen LogP contribution in [0.3, 0.4) is 0 Å². The molecule has 0 aliphatic carbocycles. The molecule has 0 aliphatic rings. The first-order valence-electron chi connectivity index (χ1n) is 9.82. The molecule has 0 aliphatic heterocycles. The van der Waals surface area contributed by atoms with Crippen LogP contribution in [0.5, 0.6) is 0 Å². The van der Waals surface area contributed by atoms with E-state index in [0.717, 1.165) is 48.5 Å². The summed E-state index contributed by atoms with van der Waals surface area (Å²) >= 11 is 7.52. The number of rotatable bonds is 8. The zero-order valence-corrected chi connectivity index (χ0v) is 18.1. The van der Waals surface area contributed by atoms with Gasteiger partial charge in [0.1, 0.15) is 5.82 Å². The lowest BCUT2D eigenvalue weighted by Gasteiger charge is -2.08. The van der Waals surface area contributed by atoms with Gasteiger partial charge in [-0.2, -0.15) is 0 Å². The molecule has 0 amide bonds. The van der Waals surface area contributed by atoms with E-state index in [1.165, 1.54) is 11.1 Å². The van der Waals surface area contributed by atoms with Crippen molar-refractivity contribution in [3.05, 3.63) is 58.9 Å². The van der Waals surface area contributed by atoms with Gasteiger partial charge in [-0.25, -0.2) is 4.98 Å². The number of unbranched alkanes of at least 4 members (excludes halogenated alkanes) is 1. The molecule has 2 aromatic carbocycles. The second-order valence-corrected chi connectivity index (χ2v) is 8.44. The number of aryl methyl sites for hydroxylation is 3. The lowest BCUT2D eigenvalue weighted by atomic mass is 10.2. The Labute approximate surface area is 179 Å². The molecule has 0 spiro atoms. The van der Waals surface area contributed by atoms with E-state index in [1.54, 1.807) is 11.8 Å². The maximum absolute atomic E-state index is 5.92. The molecule has 2 heterocycles. The molecule has 4 rings (SSSR count). The van der Waals surface area contributed by atoms with E-state index in [9.17, 15) is 0 Å². The zero-order chi connectivity index (χ0) is 20.2. The summed E-state index contributed by atoms with van der Waals surface area (Å²) in [6, 6.07) is 13.9. The van der Waals surface area contributed by atoms with Crippen molar-refractivity contribution in [3.8, 4) is 11.5 Å². The van der Waals surface area contributed by atoms with E-state index in [1.807, 2.05) is 24.3 Å². The number of halogens is 1. The number of imidazole rings is 1. The van der Waals surface area contributed by atoms with Crippen molar-refractivity contribution in [2.45, 2.75) is 44.9 Å². The van der Waals surface area contributed by atoms with E-state index >= 15 is 0 Å². The Kier molecular flexibility index (Phi) is 6.21. The second kappa shape index (κ2) is 9.01. The van der Waals surface area contributed by atoms with Gasteiger partial charge in [0.05, 0.1) is 11.0 Å². The highest BCUT2D eigenvalue weighted by Crippen LogP contribution is 2.25. The minimum absolute atomic E-state index is 0.525. The largest absolute Gasteiger partial charge is 0.411 e. The fraction of sp³-hybridized carbons (Fsp3) is 0.318. The summed E-state index contributed by atoms with van der Waals surface area (Å²) in [5.74, 6) is 2.62. The fourth-order valence-electron chi connectivity index (χ4n) is 3.31. The quantitative estimate of drug-likeness (QED) is 0.248. The lowest BCUT2D eigenvalue weighted by Crippen LogP contribution is -2.03. The van der Waals surface area contributed by atoms with Crippen molar-refractivity contribution < 1.29 is 4.42 Å². The molecule has 7 heteroatoms. The van der Waals surface area contributed by atoms with Crippen molar-refractivity contribution in [1.29, 1.82) is 0 Å². The number of benzene rings is 2. The van der Waals surface area contributed by atoms with Gasteiger partial charge in [0.2, 0.25) is 5.89 Å². The Morgan fingerprint density at radius 2 is 1.90 bits per heavy atom. The Balaban J connectivity index is 1.31. The Hall–Kier alpha value is -2.31. The van der Waals surface area contributed by atoms with Crippen molar-refractivity contribution in [3.63, 3.8) is 0 Å². The molecule has 0 bridgehead atoms. The van der Waals surface area contributed by atoms with Gasteiger partial charge in [-0.1, -0.05) is 36.4 Å². The van der Waals surface area contributed by atoms with Gasteiger partial charge in [0, 0.05) is 29.3 Å². The predicted octanol–water partition coefficient (Wildman–Crippen LogP) is 6.18. The van der Waals surface area contributed by atoms with Crippen LogP contribution in [-0.2, 0) is 13.0 Å². The average Bonchev–Trinajstić information content (AvgIpc) is 3.33. The van der Waals surface area contributed by atoms with Gasteiger partial charge in [-0.15, -0.1) is 10.2 Å². The van der Waals surface area contributed by atoms with Gasteiger partial charge >= 0.3 is 0 Å². The van der Waals surface area contributed by atoms with E-state index < -0.39 is 0 Å². The minimum atomic E-state index is 0.525. The summed E-state index contributed by atoms with van der Waals surface area (Å²) in [6.07, 6.45) is 3.09. The first kappa shape index (κ1) is 20.0. The third kappa shape index (κ3) is 4.65. The van der Waals surface area contributed by atoms with E-state index in [4.69, 9.17) is 21.0 Å². The number of hydrogen-bond donors (Lipinski definition) is 0. The summed E-state index contributed by atoms with van der Waals surface area (Å²) in [6.45, 7) is 5.26. The Bertz CT molecular complexity index is 1100. The van der Waals surface area contributed by atoms with Crippen LogP contribution in [0.4, 0.5) is 0 Å². The van der Waals surface area contributed by atoms with Crippen LogP contribution in [0, 0.1) is 6.92 Å². The maximum Gasteiger partial charge on any atom is 0.276 e. The van der Waals surface area contributed by atoms with Crippen LogP contribution in [0.25, 0.3) is 22.5 Å². The van der Waals surface area contributed by atoms with Crippen molar-refractivity contribution >= 4 is 34.4 Å². The molecule has 5 nitrogen and oxygen atoms in total. The highest BCUT2D eigenvalue weighted by atomic mass is 35.5. The Morgan fingerprint density at radius 3 is 2.69 bits per heavy atom. The molecular formula is C22H23ClN4OS. The number of thioether (sulfide) groups is 1. The van der Waals surface area contributed by atoms with Crippen LogP contribution >= 0.6 is 23.4 Å². The number of hydrogen-bond acceptors (Lipinski definition) is 5. The molecule has 4 aromatic rings. The van der Waals surface area contributed by atoms with Gasteiger partial charge in [-0.3, -0.25) is 0 Å². The van der Waals surface area contributed by atoms with E-state index in [0.29, 0.717) is 16.1 Å². The Morgan fingerprint density at radius 1 is 1.07 bits per heavy atom. The van der Waals surface area contributed by atoms with Gasteiger partial charge in [-0.05, 0) is 61.7 Å². The SMILES string of the molecule is CCc1nc2ccc(C)cc2n1CCCCSc1nnc(-c2ccc(Cl)cc2)o1. The molecule has 0 N–H and O–H groups in total. The highest BCUT2D eigenvalue weighted by molar-refractivity contribution is 7.99. The second-order valence-electron chi connectivity index (χ2n) is 6.96. The van der Waals surface area contributed by atoms with Crippen LogP contribution in [0.15, 0.2) is 52.1 Å². The topological polar surface area (TPSA) is 56.7 Å². The van der Waals surface area contributed by atoms with E-state index in [2.05, 4.69) is 46.8 Å². The van der Waals surface area contributed by atoms with Crippen LogP contribution < -0.4 is 0 Å². The molecule has 0 unspecified atom stereocenters. The van der Waals surface area contributed by atoms with Gasteiger partial charge in [0.25, 0.3) is 5.22 Å². The number of nitrogens with zero attached hydrogens (tertiary/aromatic N) is 4. The normalized spacial score (nSPS) is 11.4. The molecule has 2 aromatic heterocycles. The molecule has 29 heavy (non-hydrogen) atoms. The number of fused-ring (bicyclic) bond motifs is 1. The molecule has 0 atom stereocenters. The summed E-state index contributed by atoms with van der Waals surface area (Å²) in [4.78, 5) is 4.77. The van der Waals surface area contributed by atoms with Crippen molar-refractivity contribution in [1.82, 2.24) is 19.7 Å². The first-order valence-corrected chi connectivity index (χ1v) is 11.2. The molecule has 0 saturated heterocycles. The molecule has 0 radical (unpaired) electrons. The van der Waals surface area contributed by atoms with E-state index in [-0.39, 0.29) is 0 Å². The summed E-state index contributed by atoms with van der Waals surface area (Å²) in [5.41, 5.74) is 4.47. The summed E-state index contributed by atoms with van der Waals surface area (Å²) < 4.78 is 8.11. The maximum atomic E-state index is 5.92. The molecule has 0 saturated carbocycles. The fourth-order valence-corrected chi connectivity index (χ4v) is 4.20. The predicted molar refractivity (Wildman–Crippen MR) is 119 cm³/mol. The molecule has 150 valence electrons. The van der Waals surface area contributed by atoms with Crippen LogP contribution in [0.2, 0.25) is 5.02 Å². The lowest BCUT2D eigenvalue weighted by molar-refractivity contribution is 0.465. The highest BCUT2D eigenvalue weighted by Gasteiger charge is 2.11. The number of aromatic nitrogens is 4. The van der Waals surface area contributed by atoms with Crippen LogP contribution in [-0.4, -0.2) is 25.5 Å². The smallest absolute Gasteiger partial charge is 0.276 e. The van der Waals surface area contributed by atoms with Crippen molar-refractivity contribution in [2.24, 2.45) is 0 Å². The molecular weight excluding hydrogens is 404 g/mol. The van der Waals surface area contributed by atoms with Gasteiger partial charge in [0.15, 0.2) is 0 Å². The molecule has 0 fully saturated rings. The average molecular weight is 427 g/mol. The third-order valence-electron chi connectivity index (χ3n) is 4.80. The minimum Gasteiger partial charge on any atom is -0.411 e. The van der Waals surface area contributed by atoms with Crippen LogP contribution in [0.1, 0.15) is 31.2 Å². The summed E-state index contributed by atoms with van der Waals surface area (Å²) in [7, 11) is 0. The zero-order valence-electron chi connectivity index (χ0n) is 16.6. The van der Waals surface area contributed by atoms with Gasteiger partial charge < -0.3 is 8.98 Å².